The Bertz CT molecular complexity index is 653. The van der Waals surface area contributed by atoms with Crippen molar-refractivity contribution in [2.45, 2.75) is 13.3 Å². The number of aryl methyl sites for hydroxylation is 1. The van der Waals surface area contributed by atoms with Crippen LogP contribution in [0.25, 0.3) is 10.9 Å². The van der Waals surface area contributed by atoms with Crippen molar-refractivity contribution in [2.24, 2.45) is 0 Å². The van der Waals surface area contributed by atoms with Gasteiger partial charge in [-0.3, -0.25) is 14.6 Å². The zero-order valence-corrected chi connectivity index (χ0v) is 11.5. The highest BCUT2D eigenvalue weighted by Crippen LogP contribution is 2.16. The first kappa shape index (κ1) is 14.0. The van der Waals surface area contributed by atoms with Crippen LogP contribution in [0.15, 0.2) is 30.3 Å². The van der Waals surface area contributed by atoms with Crippen LogP contribution >= 0.6 is 0 Å². The summed E-state index contributed by atoms with van der Waals surface area (Å²) in [5, 5.41) is 3.60. The first-order valence-corrected chi connectivity index (χ1v) is 6.33. The Morgan fingerprint density at radius 3 is 2.80 bits per heavy atom. The number of carbonyl (C=O) groups is 2. The molecule has 0 atom stereocenters. The van der Waals surface area contributed by atoms with E-state index < -0.39 is 0 Å². The minimum Gasteiger partial charge on any atom is -0.469 e. The molecule has 1 heterocycles. The highest BCUT2D eigenvalue weighted by molar-refractivity contribution is 5.98. The Balaban J connectivity index is 2.13. The summed E-state index contributed by atoms with van der Waals surface area (Å²) in [6.45, 7) is 2.04. The number of pyridine rings is 1. The molecule has 5 heteroatoms. The van der Waals surface area contributed by atoms with Crippen molar-refractivity contribution in [3.05, 3.63) is 41.6 Å². The number of ether oxygens (including phenoxy) is 1. The number of amides is 1. The monoisotopic (exact) mass is 272 g/mol. The van der Waals surface area contributed by atoms with Crippen LogP contribution in [-0.4, -0.2) is 30.5 Å². The third-order valence-electron chi connectivity index (χ3n) is 3.00. The van der Waals surface area contributed by atoms with Gasteiger partial charge in [-0.1, -0.05) is 18.2 Å². The van der Waals surface area contributed by atoms with Gasteiger partial charge in [0.05, 0.1) is 30.3 Å². The SMILES string of the molecule is COC(=O)CCNC(=O)c1cc2ccccc2nc1C. The number of benzene rings is 1. The van der Waals surface area contributed by atoms with Crippen LogP contribution < -0.4 is 5.32 Å². The molecule has 0 fully saturated rings. The van der Waals surface area contributed by atoms with Gasteiger partial charge in [0, 0.05) is 11.9 Å². The van der Waals surface area contributed by atoms with E-state index in [0.717, 1.165) is 10.9 Å². The van der Waals surface area contributed by atoms with E-state index in [1.54, 1.807) is 6.92 Å². The molecule has 0 aliphatic carbocycles. The van der Waals surface area contributed by atoms with Gasteiger partial charge in [-0.05, 0) is 19.1 Å². The second kappa shape index (κ2) is 6.14. The lowest BCUT2D eigenvalue weighted by Crippen LogP contribution is -2.27. The first-order valence-electron chi connectivity index (χ1n) is 6.33. The first-order chi connectivity index (χ1) is 9.61. The van der Waals surface area contributed by atoms with Crippen molar-refractivity contribution in [3.8, 4) is 0 Å². The van der Waals surface area contributed by atoms with E-state index in [9.17, 15) is 9.59 Å². The quantitative estimate of drug-likeness (QED) is 0.862. The molecule has 1 aromatic carbocycles. The molecular weight excluding hydrogens is 256 g/mol. The van der Waals surface area contributed by atoms with E-state index in [2.05, 4.69) is 15.0 Å². The zero-order chi connectivity index (χ0) is 14.5. The molecule has 0 bridgehead atoms. The number of methoxy groups -OCH3 is 1. The van der Waals surface area contributed by atoms with Crippen LogP contribution in [0.2, 0.25) is 0 Å². The molecule has 0 saturated carbocycles. The number of carbonyl (C=O) groups excluding carboxylic acids is 2. The van der Waals surface area contributed by atoms with E-state index in [1.807, 2.05) is 30.3 Å². The molecule has 0 aliphatic rings. The summed E-state index contributed by atoms with van der Waals surface area (Å²) in [5.41, 5.74) is 2.05. The summed E-state index contributed by atoms with van der Waals surface area (Å²) in [5.74, 6) is -0.580. The Morgan fingerprint density at radius 1 is 1.30 bits per heavy atom. The third kappa shape index (κ3) is 3.12. The van der Waals surface area contributed by atoms with Gasteiger partial charge in [-0.2, -0.15) is 0 Å². The summed E-state index contributed by atoms with van der Waals surface area (Å²) in [6.07, 6.45) is 0.155. The number of hydrogen-bond donors (Lipinski definition) is 1. The molecule has 1 N–H and O–H groups in total. The lowest BCUT2D eigenvalue weighted by atomic mass is 10.1. The minimum absolute atomic E-state index is 0.155. The topological polar surface area (TPSA) is 68.3 Å². The van der Waals surface area contributed by atoms with Gasteiger partial charge in [-0.15, -0.1) is 0 Å². The summed E-state index contributed by atoms with van der Waals surface area (Å²) >= 11 is 0. The number of rotatable bonds is 4. The van der Waals surface area contributed by atoms with Crippen molar-refractivity contribution >= 4 is 22.8 Å². The van der Waals surface area contributed by atoms with Crippen molar-refractivity contribution in [2.75, 3.05) is 13.7 Å². The predicted octanol–water partition coefficient (Wildman–Crippen LogP) is 1.84. The maximum Gasteiger partial charge on any atom is 0.307 e. The largest absolute Gasteiger partial charge is 0.469 e. The van der Waals surface area contributed by atoms with Crippen LogP contribution in [0, 0.1) is 6.92 Å². The van der Waals surface area contributed by atoms with Gasteiger partial charge in [0.25, 0.3) is 5.91 Å². The fraction of sp³-hybridized carbons (Fsp3) is 0.267. The number of aromatic nitrogens is 1. The van der Waals surface area contributed by atoms with Crippen molar-refractivity contribution in [1.29, 1.82) is 0 Å². The Kier molecular flexibility index (Phi) is 4.30. The van der Waals surface area contributed by atoms with Crippen LogP contribution in [0.1, 0.15) is 22.5 Å². The van der Waals surface area contributed by atoms with Gasteiger partial charge < -0.3 is 10.1 Å². The number of nitrogens with zero attached hydrogens (tertiary/aromatic N) is 1. The molecule has 2 aromatic rings. The number of hydrogen-bond acceptors (Lipinski definition) is 4. The fourth-order valence-corrected chi connectivity index (χ4v) is 1.92. The lowest BCUT2D eigenvalue weighted by molar-refractivity contribution is -0.140. The summed E-state index contributed by atoms with van der Waals surface area (Å²) in [4.78, 5) is 27.5. The molecule has 0 spiro atoms. The van der Waals surface area contributed by atoms with E-state index in [1.165, 1.54) is 7.11 Å². The van der Waals surface area contributed by atoms with E-state index in [-0.39, 0.29) is 24.8 Å². The zero-order valence-electron chi connectivity index (χ0n) is 11.5. The van der Waals surface area contributed by atoms with E-state index in [0.29, 0.717) is 11.3 Å². The molecule has 0 unspecified atom stereocenters. The summed E-state index contributed by atoms with van der Waals surface area (Å²) in [6, 6.07) is 9.43. The molecule has 0 aliphatic heterocycles. The molecule has 104 valence electrons. The molecular formula is C15H16N2O3. The molecule has 0 radical (unpaired) electrons. The molecule has 1 aromatic heterocycles. The fourth-order valence-electron chi connectivity index (χ4n) is 1.92. The summed E-state index contributed by atoms with van der Waals surface area (Å²) in [7, 11) is 1.32. The van der Waals surface area contributed by atoms with Crippen molar-refractivity contribution in [3.63, 3.8) is 0 Å². The number of nitrogens with one attached hydrogen (secondary N) is 1. The van der Waals surface area contributed by atoms with E-state index in [4.69, 9.17) is 0 Å². The van der Waals surface area contributed by atoms with Gasteiger partial charge in [0.15, 0.2) is 0 Å². The van der Waals surface area contributed by atoms with Gasteiger partial charge >= 0.3 is 5.97 Å². The lowest BCUT2D eigenvalue weighted by Gasteiger charge is -2.08. The number of para-hydroxylation sites is 1. The molecule has 2 rings (SSSR count). The average molecular weight is 272 g/mol. The number of fused-ring (bicyclic) bond motifs is 1. The van der Waals surface area contributed by atoms with E-state index >= 15 is 0 Å². The Labute approximate surface area is 117 Å². The van der Waals surface area contributed by atoms with Crippen LogP contribution in [0.3, 0.4) is 0 Å². The van der Waals surface area contributed by atoms with Gasteiger partial charge in [-0.25, -0.2) is 0 Å². The maximum atomic E-state index is 12.1. The maximum absolute atomic E-state index is 12.1. The molecule has 20 heavy (non-hydrogen) atoms. The normalized spacial score (nSPS) is 10.3. The van der Waals surface area contributed by atoms with Gasteiger partial charge in [0.2, 0.25) is 0 Å². The average Bonchev–Trinajstić information content (AvgIpc) is 2.46. The molecule has 1 amide bonds. The Hall–Kier alpha value is -2.43. The molecule has 0 saturated heterocycles. The van der Waals surface area contributed by atoms with Crippen molar-refractivity contribution < 1.29 is 14.3 Å². The van der Waals surface area contributed by atoms with Crippen LogP contribution in [0.5, 0.6) is 0 Å². The van der Waals surface area contributed by atoms with Crippen LogP contribution in [-0.2, 0) is 9.53 Å². The highest BCUT2D eigenvalue weighted by Gasteiger charge is 2.11. The standard InChI is InChI=1S/C15H16N2O3/c1-10-12(15(19)16-8-7-14(18)20-2)9-11-5-3-4-6-13(11)17-10/h3-6,9H,7-8H2,1-2H3,(H,16,19). The number of esters is 1. The Morgan fingerprint density at radius 2 is 2.05 bits per heavy atom. The predicted molar refractivity (Wildman–Crippen MR) is 75.4 cm³/mol. The second-order valence-electron chi connectivity index (χ2n) is 4.40. The smallest absolute Gasteiger partial charge is 0.307 e. The second-order valence-corrected chi connectivity index (χ2v) is 4.40. The van der Waals surface area contributed by atoms with Crippen LogP contribution in [0.4, 0.5) is 0 Å². The van der Waals surface area contributed by atoms with Gasteiger partial charge in [0.1, 0.15) is 0 Å². The summed E-state index contributed by atoms with van der Waals surface area (Å²) < 4.78 is 4.52. The third-order valence-corrected chi connectivity index (χ3v) is 3.00. The molecule has 5 nitrogen and oxygen atoms in total. The minimum atomic E-state index is -0.348. The highest BCUT2D eigenvalue weighted by atomic mass is 16.5. The van der Waals surface area contributed by atoms with Crippen molar-refractivity contribution in [1.82, 2.24) is 10.3 Å².